The van der Waals surface area contributed by atoms with Crippen molar-refractivity contribution >= 4 is 17.5 Å². The lowest BCUT2D eigenvalue weighted by Gasteiger charge is -2.26. The number of ether oxygens (including phenoxy) is 1. The van der Waals surface area contributed by atoms with E-state index in [-0.39, 0.29) is 17.9 Å². The highest BCUT2D eigenvalue weighted by molar-refractivity contribution is 5.86. The van der Waals surface area contributed by atoms with Crippen LogP contribution >= 0.6 is 0 Å². The van der Waals surface area contributed by atoms with Crippen molar-refractivity contribution in [1.29, 1.82) is 0 Å². The predicted octanol–water partition coefficient (Wildman–Crippen LogP) is 3.06. The molecule has 0 aliphatic carbocycles. The van der Waals surface area contributed by atoms with Crippen LogP contribution in [0.5, 0.6) is 0 Å². The van der Waals surface area contributed by atoms with Crippen LogP contribution in [0.4, 0.5) is 4.79 Å². The van der Waals surface area contributed by atoms with Gasteiger partial charge < -0.3 is 19.8 Å². The number of hydrogen-bond acceptors (Lipinski definition) is 4. The molecule has 7 heteroatoms. The van der Waals surface area contributed by atoms with Crippen LogP contribution < -0.4 is 10.6 Å². The summed E-state index contributed by atoms with van der Waals surface area (Å²) in [5, 5.41) is 5.59. The number of imidazole rings is 1. The zero-order valence-electron chi connectivity index (χ0n) is 16.2. The van der Waals surface area contributed by atoms with E-state index in [0.29, 0.717) is 0 Å². The van der Waals surface area contributed by atoms with Crippen LogP contribution in [-0.2, 0) is 9.53 Å². The number of rotatable bonds is 5. The largest absolute Gasteiger partial charge is 0.444 e. The van der Waals surface area contributed by atoms with E-state index in [1.165, 1.54) is 0 Å². The van der Waals surface area contributed by atoms with Crippen LogP contribution in [0.15, 0.2) is 30.6 Å². The third kappa shape index (κ3) is 4.97. The predicted molar refractivity (Wildman–Crippen MR) is 99.7 cm³/mol. The molecule has 2 N–H and O–H groups in total. The van der Waals surface area contributed by atoms with Crippen molar-refractivity contribution < 1.29 is 14.3 Å². The van der Waals surface area contributed by atoms with Crippen molar-refractivity contribution in [3.05, 3.63) is 36.4 Å². The Kier molecular flexibility index (Phi) is 5.90. The maximum Gasteiger partial charge on any atom is 0.408 e. The molecule has 142 valence electrons. The number of aromatic nitrogens is 2. The third-order valence-electron chi connectivity index (χ3n) is 3.83. The number of fused-ring (bicyclic) bond motifs is 1. The molecule has 0 aliphatic rings. The van der Waals surface area contributed by atoms with Gasteiger partial charge in [0.15, 0.2) is 0 Å². The summed E-state index contributed by atoms with van der Waals surface area (Å²) in [6.45, 7) is 11.0. The molecule has 0 unspecified atom stereocenters. The van der Waals surface area contributed by atoms with Crippen LogP contribution in [0.3, 0.4) is 0 Å². The fraction of sp³-hybridized carbons (Fsp3) is 0.526. The summed E-state index contributed by atoms with van der Waals surface area (Å²) < 4.78 is 7.18. The summed E-state index contributed by atoms with van der Waals surface area (Å²) in [6.07, 6.45) is 3.06. The molecular formula is C19H28N4O3. The van der Waals surface area contributed by atoms with Crippen LogP contribution in [-0.4, -0.2) is 33.0 Å². The van der Waals surface area contributed by atoms with E-state index >= 15 is 0 Å². The van der Waals surface area contributed by atoms with Gasteiger partial charge in [-0.2, -0.15) is 0 Å². The molecule has 2 atom stereocenters. The topological polar surface area (TPSA) is 84.7 Å². The average molecular weight is 360 g/mol. The third-order valence-corrected chi connectivity index (χ3v) is 3.83. The molecule has 7 nitrogen and oxygen atoms in total. The second-order valence-electron chi connectivity index (χ2n) is 7.71. The highest BCUT2D eigenvalue weighted by Gasteiger charge is 2.28. The monoisotopic (exact) mass is 360 g/mol. The molecule has 2 aromatic rings. The van der Waals surface area contributed by atoms with E-state index < -0.39 is 17.7 Å². The molecule has 2 amide bonds. The Morgan fingerprint density at radius 2 is 1.85 bits per heavy atom. The molecule has 0 bridgehead atoms. The molecular weight excluding hydrogens is 332 g/mol. The van der Waals surface area contributed by atoms with Crippen LogP contribution in [0.25, 0.3) is 5.52 Å². The number of amides is 2. The minimum Gasteiger partial charge on any atom is -0.444 e. The second kappa shape index (κ2) is 7.76. The molecule has 0 fully saturated rings. The molecule has 2 heterocycles. The summed E-state index contributed by atoms with van der Waals surface area (Å²) in [4.78, 5) is 29.1. The van der Waals surface area contributed by atoms with Gasteiger partial charge in [-0.25, -0.2) is 9.78 Å². The summed E-state index contributed by atoms with van der Waals surface area (Å²) in [5.41, 5.74) is 0.334. The highest BCUT2D eigenvalue weighted by atomic mass is 16.6. The van der Waals surface area contributed by atoms with Gasteiger partial charge in [0.2, 0.25) is 5.91 Å². The van der Waals surface area contributed by atoms with Crippen molar-refractivity contribution in [3.63, 3.8) is 0 Å². The number of alkyl carbamates (subject to hydrolysis) is 1. The first-order valence-electron chi connectivity index (χ1n) is 8.80. The molecule has 0 aliphatic heterocycles. The molecule has 0 saturated carbocycles. The first-order chi connectivity index (χ1) is 12.1. The molecule has 0 spiro atoms. The lowest BCUT2D eigenvalue weighted by molar-refractivity contribution is -0.124. The van der Waals surface area contributed by atoms with E-state index in [2.05, 4.69) is 15.6 Å². The Morgan fingerprint density at radius 3 is 2.46 bits per heavy atom. The first-order valence-corrected chi connectivity index (χ1v) is 8.80. The molecule has 0 saturated heterocycles. The average Bonchev–Trinajstić information content (AvgIpc) is 2.94. The van der Waals surface area contributed by atoms with Gasteiger partial charge in [0.05, 0.1) is 17.8 Å². The van der Waals surface area contributed by atoms with Crippen molar-refractivity contribution in [2.45, 2.75) is 59.2 Å². The summed E-state index contributed by atoms with van der Waals surface area (Å²) in [5.74, 6) is 0.367. The fourth-order valence-corrected chi connectivity index (χ4v) is 2.62. The summed E-state index contributed by atoms with van der Waals surface area (Å²) in [7, 11) is 0. The van der Waals surface area contributed by atoms with E-state index in [1.807, 2.05) is 49.6 Å². The van der Waals surface area contributed by atoms with E-state index in [9.17, 15) is 9.59 Å². The molecule has 2 rings (SSSR count). The van der Waals surface area contributed by atoms with Crippen molar-refractivity contribution in [2.24, 2.45) is 5.92 Å². The van der Waals surface area contributed by atoms with E-state index in [1.54, 1.807) is 27.0 Å². The van der Waals surface area contributed by atoms with Crippen LogP contribution in [0.1, 0.15) is 53.4 Å². The zero-order valence-corrected chi connectivity index (χ0v) is 16.2. The smallest absolute Gasteiger partial charge is 0.408 e. The van der Waals surface area contributed by atoms with Gasteiger partial charge in [0, 0.05) is 6.20 Å². The summed E-state index contributed by atoms with van der Waals surface area (Å²) in [6, 6.07) is 4.79. The molecule has 0 aromatic carbocycles. The Bertz CT molecular complexity index is 776. The second-order valence-corrected chi connectivity index (χ2v) is 7.71. The van der Waals surface area contributed by atoms with Crippen molar-refractivity contribution in [3.8, 4) is 0 Å². The minimum atomic E-state index is -0.696. The normalized spacial score (nSPS) is 14.1. The van der Waals surface area contributed by atoms with Crippen LogP contribution in [0, 0.1) is 5.92 Å². The maximum absolute atomic E-state index is 12.7. The number of pyridine rings is 1. The fourth-order valence-electron chi connectivity index (χ4n) is 2.62. The standard InChI is InChI=1S/C19H28N4O3/c1-12(2)15(22-18(25)26-19(4,5)6)17(24)21-13(3)16-20-11-14-9-7-8-10-23(14)16/h7-13,15H,1-6H3,(H,21,24)(H,22,25)/t13-,15-/m0/s1. The van der Waals surface area contributed by atoms with Gasteiger partial charge in [0.1, 0.15) is 17.5 Å². The SMILES string of the molecule is CC(C)[C@H](NC(=O)OC(C)(C)C)C(=O)N[C@@H](C)c1ncc2ccccn12. The Balaban J connectivity index is 2.08. The van der Waals surface area contributed by atoms with Gasteiger partial charge in [-0.3, -0.25) is 4.79 Å². The number of nitrogens with one attached hydrogen (secondary N) is 2. The van der Waals surface area contributed by atoms with Gasteiger partial charge in [-0.15, -0.1) is 0 Å². The number of carbonyl (C=O) groups is 2. The van der Waals surface area contributed by atoms with Crippen molar-refractivity contribution in [2.75, 3.05) is 0 Å². The van der Waals surface area contributed by atoms with Gasteiger partial charge >= 0.3 is 6.09 Å². The molecule has 0 radical (unpaired) electrons. The zero-order chi connectivity index (χ0) is 19.5. The lowest BCUT2D eigenvalue weighted by atomic mass is 10.0. The van der Waals surface area contributed by atoms with Gasteiger partial charge in [0.25, 0.3) is 0 Å². The Morgan fingerprint density at radius 1 is 1.15 bits per heavy atom. The Labute approximate surface area is 154 Å². The highest BCUT2D eigenvalue weighted by Crippen LogP contribution is 2.15. The van der Waals surface area contributed by atoms with Crippen LogP contribution in [0.2, 0.25) is 0 Å². The maximum atomic E-state index is 12.7. The molecule has 26 heavy (non-hydrogen) atoms. The van der Waals surface area contributed by atoms with Crippen molar-refractivity contribution in [1.82, 2.24) is 20.0 Å². The summed E-state index contributed by atoms with van der Waals surface area (Å²) >= 11 is 0. The first kappa shape index (κ1) is 19.8. The number of hydrogen-bond donors (Lipinski definition) is 2. The number of nitrogens with zero attached hydrogens (tertiary/aromatic N) is 2. The lowest BCUT2D eigenvalue weighted by Crippen LogP contribution is -2.51. The minimum absolute atomic E-state index is 0.0910. The van der Waals surface area contributed by atoms with Gasteiger partial charge in [-0.05, 0) is 45.7 Å². The van der Waals surface area contributed by atoms with E-state index in [0.717, 1.165) is 11.3 Å². The number of carbonyl (C=O) groups excluding carboxylic acids is 2. The van der Waals surface area contributed by atoms with E-state index in [4.69, 9.17) is 4.74 Å². The van der Waals surface area contributed by atoms with Gasteiger partial charge in [-0.1, -0.05) is 19.9 Å². The quantitative estimate of drug-likeness (QED) is 0.858. The molecule has 2 aromatic heterocycles. The Hall–Kier alpha value is -2.57.